The predicted octanol–water partition coefficient (Wildman–Crippen LogP) is 4.30. The summed E-state index contributed by atoms with van der Waals surface area (Å²) in [5.74, 6) is 0.702. The maximum Gasteiger partial charge on any atom is 0.241 e. The lowest BCUT2D eigenvalue weighted by Crippen LogP contribution is -2.26. The Labute approximate surface area is 160 Å². The molecule has 3 aromatic rings. The van der Waals surface area contributed by atoms with Crippen molar-refractivity contribution in [3.05, 3.63) is 72.4 Å². The Hall–Kier alpha value is -2.30. The highest BCUT2D eigenvalue weighted by molar-refractivity contribution is 5.85. The highest BCUT2D eigenvalue weighted by Gasteiger charge is 2.18. The molecular formula is C21H24ClN3O. The van der Waals surface area contributed by atoms with Crippen LogP contribution in [0.15, 0.2) is 66.9 Å². The highest BCUT2D eigenvalue weighted by Crippen LogP contribution is 2.29. The normalized spacial score (nSPS) is 16.2. The third-order valence-corrected chi connectivity index (χ3v) is 4.60. The van der Waals surface area contributed by atoms with E-state index in [1.54, 1.807) is 0 Å². The van der Waals surface area contributed by atoms with Gasteiger partial charge in [0.15, 0.2) is 0 Å². The Balaban J connectivity index is 0.00000196. The summed E-state index contributed by atoms with van der Waals surface area (Å²) in [6, 6.07) is 21.0. The number of benzene rings is 2. The Morgan fingerprint density at radius 2 is 1.77 bits per heavy atom. The number of hydrogen-bond acceptors (Lipinski definition) is 3. The lowest BCUT2D eigenvalue weighted by atomic mass is 10.1. The van der Waals surface area contributed by atoms with Gasteiger partial charge >= 0.3 is 0 Å². The number of hydrogen-bond donors (Lipinski definition) is 1. The van der Waals surface area contributed by atoms with E-state index in [1.165, 1.54) is 12.8 Å². The topological polar surface area (TPSA) is 39.1 Å². The summed E-state index contributed by atoms with van der Waals surface area (Å²) in [6.07, 6.45) is 4.56. The first-order chi connectivity index (χ1) is 12.4. The molecule has 0 unspecified atom stereocenters. The molecule has 1 N–H and O–H groups in total. The molecule has 1 aromatic heterocycles. The number of halogens is 1. The van der Waals surface area contributed by atoms with Crippen LogP contribution >= 0.6 is 12.4 Å². The molecule has 1 aliphatic heterocycles. The van der Waals surface area contributed by atoms with E-state index >= 15 is 0 Å². The van der Waals surface area contributed by atoms with Crippen LogP contribution in [0.4, 0.5) is 0 Å². The van der Waals surface area contributed by atoms with Crippen molar-refractivity contribution in [1.82, 2.24) is 15.1 Å². The van der Waals surface area contributed by atoms with Gasteiger partial charge in [0, 0.05) is 12.2 Å². The maximum atomic E-state index is 6.07. The summed E-state index contributed by atoms with van der Waals surface area (Å²) >= 11 is 0. The fraction of sp³-hybridized carbons (Fsp3) is 0.286. The molecule has 0 bridgehead atoms. The van der Waals surface area contributed by atoms with Crippen LogP contribution in [0.2, 0.25) is 0 Å². The molecule has 4 nitrogen and oxygen atoms in total. The van der Waals surface area contributed by atoms with Crippen LogP contribution in [-0.2, 0) is 13.2 Å². The summed E-state index contributed by atoms with van der Waals surface area (Å²) in [4.78, 5) is 0. The Morgan fingerprint density at radius 1 is 1.04 bits per heavy atom. The van der Waals surface area contributed by atoms with E-state index in [0.29, 0.717) is 18.5 Å². The van der Waals surface area contributed by atoms with Gasteiger partial charge in [0.1, 0.15) is 6.61 Å². The minimum atomic E-state index is 0. The van der Waals surface area contributed by atoms with E-state index in [9.17, 15) is 0 Å². The average Bonchev–Trinajstić information content (AvgIpc) is 3.32. The number of nitrogens with zero attached hydrogens (tertiary/aromatic N) is 2. The van der Waals surface area contributed by atoms with E-state index in [0.717, 1.165) is 29.8 Å². The second kappa shape index (κ2) is 8.88. The fourth-order valence-corrected chi connectivity index (χ4v) is 3.28. The van der Waals surface area contributed by atoms with Crippen LogP contribution in [-0.4, -0.2) is 22.4 Å². The monoisotopic (exact) mass is 369 g/mol. The molecule has 1 saturated heterocycles. The molecule has 0 spiro atoms. The Bertz CT molecular complexity index is 799. The molecule has 0 saturated carbocycles. The van der Waals surface area contributed by atoms with Crippen LogP contribution in [0.3, 0.4) is 0 Å². The van der Waals surface area contributed by atoms with Crippen molar-refractivity contribution in [1.29, 1.82) is 0 Å². The van der Waals surface area contributed by atoms with Gasteiger partial charge in [0.25, 0.3) is 0 Å². The lowest BCUT2D eigenvalue weighted by molar-refractivity contribution is 0.289. The van der Waals surface area contributed by atoms with E-state index < -0.39 is 0 Å². The van der Waals surface area contributed by atoms with E-state index in [2.05, 4.69) is 35.8 Å². The van der Waals surface area contributed by atoms with Gasteiger partial charge in [0.05, 0.1) is 12.1 Å². The molecule has 136 valence electrons. The summed E-state index contributed by atoms with van der Waals surface area (Å²) in [5, 5.41) is 8.25. The van der Waals surface area contributed by atoms with Gasteiger partial charge in [-0.3, -0.25) is 4.68 Å². The Kier molecular flexibility index (Phi) is 6.31. The highest BCUT2D eigenvalue weighted by atomic mass is 35.5. The molecular weight excluding hydrogens is 346 g/mol. The molecule has 4 rings (SSSR count). The first-order valence-corrected chi connectivity index (χ1v) is 8.91. The van der Waals surface area contributed by atoms with Crippen molar-refractivity contribution < 1.29 is 4.74 Å². The molecule has 2 aromatic carbocycles. The number of nitrogens with one attached hydrogen (secondary N) is 1. The summed E-state index contributed by atoms with van der Waals surface area (Å²) < 4.78 is 8.09. The standard InChI is InChI=1S/C21H23N3O.ClH/c1-3-8-17(9-4-1)16-25-21-20(18-10-5-2-6-11-18)15-24(23-21)14-19-12-7-13-22-19;/h1-6,8-11,15,19,22H,7,12-14,16H2;1H/t19-;/m1./s1. The summed E-state index contributed by atoms with van der Waals surface area (Å²) in [5.41, 5.74) is 3.33. The predicted molar refractivity (Wildman–Crippen MR) is 107 cm³/mol. The molecule has 5 heteroatoms. The van der Waals surface area contributed by atoms with Gasteiger partial charge < -0.3 is 10.1 Å². The summed E-state index contributed by atoms with van der Waals surface area (Å²) in [6.45, 7) is 2.52. The van der Waals surface area contributed by atoms with Crippen molar-refractivity contribution in [3.63, 3.8) is 0 Å². The van der Waals surface area contributed by atoms with Crippen LogP contribution in [0.1, 0.15) is 18.4 Å². The first-order valence-electron chi connectivity index (χ1n) is 8.91. The zero-order valence-corrected chi connectivity index (χ0v) is 15.5. The number of ether oxygens (including phenoxy) is 1. The molecule has 0 amide bonds. The molecule has 0 aliphatic carbocycles. The molecule has 1 aliphatic rings. The van der Waals surface area contributed by atoms with Gasteiger partial charge in [-0.1, -0.05) is 60.7 Å². The zero-order chi connectivity index (χ0) is 16.9. The second-order valence-corrected chi connectivity index (χ2v) is 6.50. The van der Waals surface area contributed by atoms with Crippen molar-refractivity contribution in [2.24, 2.45) is 0 Å². The first kappa shape index (κ1) is 18.5. The number of rotatable bonds is 6. The average molecular weight is 370 g/mol. The molecule has 26 heavy (non-hydrogen) atoms. The van der Waals surface area contributed by atoms with Gasteiger partial charge in [0.2, 0.25) is 5.88 Å². The zero-order valence-electron chi connectivity index (χ0n) is 14.7. The fourth-order valence-electron chi connectivity index (χ4n) is 3.28. The third-order valence-electron chi connectivity index (χ3n) is 4.60. The van der Waals surface area contributed by atoms with Crippen molar-refractivity contribution in [2.75, 3.05) is 6.54 Å². The van der Waals surface area contributed by atoms with Crippen LogP contribution in [0, 0.1) is 0 Å². The SMILES string of the molecule is Cl.c1ccc(COc2nn(C[C@H]3CCCN3)cc2-c2ccccc2)cc1. The van der Waals surface area contributed by atoms with E-state index in [1.807, 2.05) is 41.1 Å². The maximum absolute atomic E-state index is 6.07. The quantitative estimate of drug-likeness (QED) is 0.704. The van der Waals surface area contributed by atoms with Gasteiger partial charge in [-0.05, 0) is 30.5 Å². The smallest absolute Gasteiger partial charge is 0.241 e. The van der Waals surface area contributed by atoms with Crippen molar-refractivity contribution in [3.8, 4) is 17.0 Å². The van der Waals surface area contributed by atoms with Gasteiger partial charge in [-0.2, -0.15) is 0 Å². The molecule has 2 heterocycles. The molecule has 0 radical (unpaired) electrons. The largest absolute Gasteiger partial charge is 0.471 e. The third kappa shape index (κ3) is 4.45. The van der Waals surface area contributed by atoms with Crippen molar-refractivity contribution >= 4 is 12.4 Å². The minimum Gasteiger partial charge on any atom is -0.471 e. The summed E-state index contributed by atoms with van der Waals surface area (Å²) in [7, 11) is 0. The molecule has 1 fully saturated rings. The minimum absolute atomic E-state index is 0. The Morgan fingerprint density at radius 3 is 2.46 bits per heavy atom. The second-order valence-electron chi connectivity index (χ2n) is 6.50. The van der Waals surface area contributed by atoms with Crippen molar-refractivity contribution in [2.45, 2.75) is 32.0 Å². The van der Waals surface area contributed by atoms with Crippen LogP contribution in [0.25, 0.3) is 11.1 Å². The van der Waals surface area contributed by atoms with Gasteiger partial charge in [-0.25, -0.2) is 0 Å². The molecule has 1 atom stereocenters. The van der Waals surface area contributed by atoms with Gasteiger partial charge in [-0.15, -0.1) is 17.5 Å². The lowest BCUT2D eigenvalue weighted by Gasteiger charge is -2.09. The van der Waals surface area contributed by atoms with Crippen LogP contribution in [0.5, 0.6) is 5.88 Å². The van der Waals surface area contributed by atoms with Crippen LogP contribution < -0.4 is 10.1 Å². The van der Waals surface area contributed by atoms with E-state index in [4.69, 9.17) is 9.84 Å². The van der Waals surface area contributed by atoms with E-state index in [-0.39, 0.29) is 12.4 Å². The number of aromatic nitrogens is 2.